The van der Waals surface area contributed by atoms with Gasteiger partial charge < -0.3 is 11.5 Å². The SMILES string of the molecule is CC(C)(CCCC(C)(C)C(N)=O)C(N)=O. The fraction of sp³-hybridized carbons (Fsp3) is 0.818. The van der Waals surface area contributed by atoms with Crippen molar-refractivity contribution in [2.75, 3.05) is 0 Å². The minimum atomic E-state index is -0.506. The van der Waals surface area contributed by atoms with Crippen LogP contribution in [0.2, 0.25) is 0 Å². The summed E-state index contributed by atoms with van der Waals surface area (Å²) in [7, 11) is 0. The van der Waals surface area contributed by atoms with Gasteiger partial charge in [0.2, 0.25) is 11.8 Å². The van der Waals surface area contributed by atoms with Gasteiger partial charge in [-0.05, 0) is 12.8 Å². The Morgan fingerprint density at radius 3 is 1.33 bits per heavy atom. The Hall–Kier alpha value is -1.06. The van der Waals surface area contributed by atoms with E-state index >= 15 is 0 Å². The molecule has 2 amide bonds. The van der Waals surface area contributed by atoms with Crippen LogP contribution in [0, 0.1) is 10.8 Å². The second-order valence-corrected chi connectivity index (χ2v) is 5.35. The van der Waals surface area contributed by atoms with E-state index in [0.29, 0.717) is 12.8 Å². The minimum Gasteiger partial charge on any atom is -0.369 e. The van der Waals surface area contributed by atoms with Crippen molar-refractivity contribution in [1.29, 1.82) is 0 Å². The quantitative estimate of drug-likeness (QED) is 0.695. The maximum absolute atomic E-state index is 11.0. The summed E-state index contributed by atoms with van der Waals surface area (Å²) in [5.74, 6) is -0.612. The van der Waals surface area contributed by atoms with Crippen molar-refractivity contribution in [2.24, 2.45) is 22.3 Å². The second-order valence-electron chi connectivity index (χ2n) is 5.35. The van der Waals surface area contributed by atoms with Gasteiger partial charge in [-0.2, -0.15) is 0 Å². The minimum absolute atomic E-state index is 0.306. The maximum atomic E-state index is 11.0. The van der Waals surface area contributed by atoms with Gasteiger partial charge in [0.05, 0.1) is 0 Å². The summed E-state index contributed by atoms with van der Waals surface area (Å²) in [6, 6.07) is 0. The van der Waals surface area contributed by atoms with Gasteiger partial charge in [-0.1, -0.05) is 34.1 Å². The van der Waals surface area contributed by atoms with Gasteiger partial charge in [0, 0.05) is 10.8 Å². The van der Waals surface area contributed by atoms with Gasteiger partial charge in [-0.25, -0.2) is 0 Å². The maximum Gasteiger partial charge on any atom is 0.223 e. The van der Waals surface area contributed by atoms with Crippen LogP contribution in [0.1, 0.15) is 47.0 Å². The molecule has 4 heteroatoms. The van der Waals surface area contributed by atoms with Crippen LogP contribution in [0.3, 0.4) is 0 Å². The summed E-state index contributed by atoms with van der Waals surface area (Å²) in [5, 5.41) is 0. The molecule has 0 fully saturated rings. The van der Waals surface area contributed by atoms with E-state index in [4.69, 9.17) is 11.5 Å². The molecule has 0 aliphatic carbocycles. The Balaban J connectivity index is 4.11. The van der Waals surface area contributed by atoms with Crippen molar-refractivity contribution in [3.63, 3.8) is 0 Å². The number of carbonyl (C=O) groups is 2. The molecule has 0 saturated carbocycles. The molecule has 0 atom stereocenters. The van der Waals surface area contributed by atoms with Crippen molar-refractivity contribution >= 4 is 11.8 Å². The zero-order chi connectivity index (χ0) is 12.3. The van der Waals surface area contributed by atoms with Crippen molar-refractivity contribution < 1.29 is 9.59 Å². The van der Waals surface area contributed by atoms with Crippen molar-refractivity contribution in [3.05, 3.63) is 0 Å². The van der Waals surface area contributed by atoms with E-state index in [-0.39, 0.29) is 11.8 Å². The average molecular weight is 214 g/mol. The fourth-order valence-electron chi connectivity index (χ4n) is 1.22. The summed E-state index contributed by atoms with van der Waals surface area (Å²) in [6.45, 7) is 7.25. The predicted octanol–water partition coefficient (Wildman–Crippen LogP) is 1.18. The number of amides is 2. The molecule has 0 aromatic rings. The molecule has 15 heavy (non-hydrogen) atoms. The number of nitrogens with two attached hydrogens (primary N) is 2. The van der Waals surface area contributed by atoms with Gasteiger partial charge in [0.15, 0.2) is 0 Å². The molecule has 0 aromatic heterocycles. The Morgan fingerprint density at radius 2 is 1.13 bits per heavy atom. The first-order valence-electron chi connectivity index (χ1n) is 5.19. The molecule has 0 saturated heterocycles. The van der Waals surface area contributed by atoms with Gasteiger partial charge >= 0.3 is 0 Å². The lowest BCUT2D eigenvalue weighted by molar-refractivity contribution is -0.126. The number of carbonyl (C=O) groups excluding carboxylic acids is 2. The molecule has 0 aliphatic rings. The molecule has 0 spiro atoms. The van der Waals surface area contributed by atoms with E-state index in [9.17, 15) is 9.59 Å². The molecular weight excluding hydrogens is 192 g/mol. The zero-order valence-corrected chi connectivity index (χ0v) is 10.1. The number of primary amides is 2. The fourth-order valence-corrected chi connectivity index (χ4v) is 1.22. The number of hydrogen-bond acceptors (Lipinski definition) is 2. The lowest BCUT2D eigenvalue weighted by Crippen LogP contribution is -2.34. The highest BCUT2D eigenvalue weighted by molar-refractivity contribution is 5.80. The molecule has 0 bridgehead atoms. The second kappa shape index (κ2) is 4.64. The van der Waals surface area contributed by atoms with Crippen molar-refractivity contribution in [2.45, 2.75) is 47.0 Å². The van der Waals surface area contributed by atoms with E-state index < -0.39 is 10.8 Å². The first-order valence-corrected chi connectivity index (χ1v) is 5.19. The largest absolute Gasteiger partial charge is 0.369 e. The van der Waals surface area contributed by atoms with E-state index in [1.807, 2.05) is 27.7 Å². The monoisotopic (exact) mass is 214 g/mol. The van der Waals surface area contributed by atoms with Crippen molar-refractivity contribution in [1.82, 2.24) is 0 Å². The molecule has 0 unspecified atom stereocenters. The molecule has 0 aromatic carbocycles. The lowest BCUT2D eigenvalue weighted by Gasteiger charge is -2.24. The Kier molecular flexibility index (Phi) is 4.31. The molecule has 0 heterocycles. The highest BCUT2D eigenvalue weighted by Gasteiger charge is 2.28. The van der Waals surface area contributed by atoms with Crippen LogP contribution in [0.25, 0.3) is 0 Å². The van der Waals surface area contributed by atoms with Crippen LogP contribution >= 0.6 is 0 Å². The molecule has 0 rings (SSSR count). The molecule has 4 nitrogen and oxygen atoms in total. The molecule has 0 aliphatic heterocycles. The lowest BCUT2D eigenvalue weighted by atomic mass is 9.81. The highest BCUT2D eigenvalue weighted by Crippen LogP contribution is 2.28. The molecule has 88 valence electrons. The number of rotatable bonds is 6. The summed E-state index contributed by atoms with van der Waals surface area (Å²) in [4.78, 5) is 22.1. The van der Waals surface area contributed by atoms with Crippen LogP contribution in [-0.2, 0) is 9.59 Å². The smallest absolute Gasteiger partial charge is 0.223 e. The van der Waals surface area contributed by atoms with Gasteiger partial charge in [-0.15, -0.1) is 0 Å². The standard InChI is InChI=1S/C11H22N2O2/c1-10(2,8(12)14)6-5-7-11(3,4)9(13)15/h5-7H2,1-4H3,(H2,12,14)(H2,13,15). The summed E-state index contributed by atoms with van der Waals surface area (Å²) in [5.41, 5.74) is 9.49. The van der Waals surface area contributed by atoms with Crippen molar-refractivity contribution in [3.8, 4) is 0 Å². The van der Waals surface area contributed by atoms with Crippen LogP contribution in [-0.4, -0.2) is 11.8 Å². The average Bonchev–Trinajstić information content (AvgIpc) is 2.02. The summed E-state index contributed by atoms with van der Waals surface area (Å²) < 4.78 is 0. The van der Waals surface area contributed by atoms with Crippen LogP contribution in [0.15, 0.2) is 0 Å². The normalized spacial score (nSPS) is 12.5. The van der Waals surface area contributed by atoms with Gasteiger partial charge in [0.25, 0.3) is 0 Å². The van der Waals surface area contributed by atoms with E-state index in [0.717, 1.165) is 6.42 Å². The first-order chi connectivity index (χ1) is 6.59. The highest BCUT2D eigenvalue weighted by atomic mass is 16.1. The van der Waals surface area contributed by atoms with E-state index in [1.54, 1.807) is 0 Å². The topological polar surface area (TPSA) is 86.2 Å². The summed E-state index contributed by atoms with van der Waals surface area (Å²) >= 11 is 0. The predicted molar refractivity (Wildman–Crippen MR) is 59.8 cm³/mol. The van der Waals surface area contributed by atoms with E-state index in [1.165, 1.54) is 0 Å². The third-order valence-electron chi connectivity index (χ3n) is 2.94. The molecule has 0 radical (unpaired) electrons. The first kappa shape index (κ1) is 13.9. The third-order valence-corrected chi connectivity index (χ3v) is 2.94. The zero-order valence-electron chi connectivity index (χ0n) is 10.1. The van der Waals surface area contributed by atoms with E-state index in [2.05, 4.69) is 0 Å². The third kappa shape index (κ3) is 4.32. The molecule has 4 N–H and O–H groups in total. The Morgan fingerprint density at radius 1 is 0.867 bits per heavy atom. The van der Waals surface area contributed by atoms with Gasteiger partial charge in [0.1, 0.15) is 0 Å². The molecular formula is C11H22N2O2. The Labute approximate surface area is 91.4 Å². The van der Waals surface area contributed by atoms with Crippen LogP contribution < -0.4 is 11.5 Å². The van der Waals surface area contributed by atoms with Crippen LogP contribution in [0.4, 0.5) is 0 Å². The van der Waals surface area contributed by atoms with Crippen LogP contribution in [0.5, 0.6) is 0 Å². The Bertz CT molecular complexity index is 231. The summed E-state index contributed by atoms with van der Waals surface area (Å²) in [6.07, 6.45) is 2.13. The van der Waals surface area contributed by atoms with Gasteiger partial charge in [-0.3, -0.25) is 9.59 Å². The number of hydrogen-bond donors (Lipinski definition) is 2.